The highest BCUT2D eigenvalue weighted by atomic mass is 32.2. The predicted octanol–water partition coefficient (Wildman–Crippen LogP) is 2.48. The van der Waals surface area contributed by atoms with Crippen LogP contribution in [0.2, 0.25) is 0 Å². The molecular weight excluding hydrogens is 274 g/mol. The zero-order valence-electron chi connectivity index (χ0n) is 12.7. The van der Waals surface area contributed by atoms with E-state index in [1.165, 1.54) is 0 Å². The Balaban J connectivity index is 3.07. The van der Waals surface area contributed by atoms with Gasteiger partial charge in [0.1, 0.15) is 0 Å². The Hall–Kier alpha value is -0.910. The molecule has 0 aromatic heterocycles. The predicted molar refractivity (Wildman–Crippen MR) is 80.8 cm³/mol. The van der Waals surface area contributed by atoms with Gasteiger partial charge in [0.05, 0.1) is 11.5 Å². The largest absolute Gasteiger partial charge is 0.392 e. The molecule has 0 aliphatic rings. The van der Waals surface area contributed by atoms with Gasteiger partial charge in [0.25, 0.3) is 0 Å². The van der Waals surface area contributed by atoms with Crippen LogP contribution in [0.5, 0.6) is 0 Å². The Bertz CT molecular complexity index is 496. The van der Waals surface area contributed by atoms with Crippen LogP contribution in [0.1, 0.15) is 33.3 Å². The Labute approximate surface area is 122 Å². The highest BCUT2D eigenvalue weighted by Gasteiger charge is 2.25. The van der Waals surface area contributed by atoms with Crippen molar-refractivity contribution in [2.75, 3.05) is 13.1 Å². The fourth-order valence-electron chi connectivity index (χ4n) is 2.00. The number of hydrogen-bond acceptors (Lipinski definition) is 3. The molecule has 0 fully saturated rings. The molecule has 0 saturated heterocycles. The van der Waals surface area contributed by atoms with Gasteiger partial charge < -0.3 is 5.11 Å². The standard InChI is InChI=1S/C15H25NO3S/c1-12(2)9-16(10-13(3)4)20(18,19)15-7-5-14(11-17)6-8-15/h5-8,12-13,17H,9-11H2,1-4H3. The number of aliphatic hydroxyl groups is 1. The van der Waals surface area contributed by atoms with Gasteiger partial charge in [0.2, 0.25) is 10.0 Å². The smallest absolute Gasteiger partial charge is 0.243 e. The normalized spacial score (nSPS) is 12.6. The molecule has 0 saturated carbocycles. The molecule has 114 valence electrons. The van der Waals surface area contributed by atoms with E-state index in [1.54, 1.807) is 28.6 Å². The van der Waals surface area contributed by atoms with Crippen LogP contribution in [0.3, 0.4) is 0 Å². The van der Waals surface area contributed by atoms with Gasteiger partial charge in [-0.1, -0.05) is 39.8 Å². The number of nitrogens with zero attached hydrogens (tertiary/aromatic N) is 1. The summed E-state index contributed by atoms with van der Waals surface area (Å²) < 4.78 is 26.9. The molecule has 0 aliphatic heterocycles. The molecule has 4 nitrogen and oxygen atoms in total. The quantitative estimate of drug-likeness (QED) is 0.841. The van der Waals surface area contributed by atoms with Crippen LogP contribution in [0, 0.1) is 11.8 Å². The van der Waals surface area contributed by atoms with E-state index in [9.17, 15) is 8.42 Å². The summed E-state index contributed by atoms with van der Waals surface area (Å²) in [5, 5.41) is 9.02. The molecule has 0 unspecified atom stereocenters. The van der Waals surface area contributed by atoms with Crippen LogP contribution in [0.4, 0.5) is 0 Å². The van der Waals surface area contributed by atoms with Crippen molar-refractivity contribution in [3.63, 3.8) is 0 Å². The second-order valence-corrected chi connectivity index (χ2v) is 7.85. The molecular formula is C15H25NO3S. The van der Waals surface area contributed by atoms with Crippen molar-refractivity contribution in [2.24, 2.45) is 11.8 Å². The molecule has 20 heavy (non-hydrogen) atoms. The summed E-state index contributed by atoms with van der Waals surface area (Å²) in [5.41, 5.74) is 0.711. The highest BCUT2D eigenvalue weighted by molar-refractivity contribution is 7.89. The van der Waals surface area contributed by atoms with Crippen molar-refractivity contribution in [3.8, 4) is 0 Å². The third-order valence-electron chi connectivity index (χ3n) is 2.88. The molecule has 0 bridgehead atoms. The van der Waals surface area contributed by atoms with E-state index in [4.69, 9.17) is 5.11 Å². The van der Waals surface area contributed by atoms with Crippen LogP contribution in [0.15, 0.2) is 29.2 Å². The number of hydrogen-bond donors (Lipinski definition) is 1. The fraction of sp³-hybridized carbons (Fsp3) is 0.600. The van der Waals surface area contributed by atoms with Gasteiger partial charge in [-0.3, -0.25) is 0 Å². The SMILES string of the molecule is CC(C)CN(CC(C)C)S(=O)(=O)c1ccc(CO)cc1. The van der Waals surface area contributed by atoms with Crippen LogP contribution in [0.25, 0.3) is 0 Å². The summed E-state index contributed by atoms with van der Waals surface area (Å²) in [6.45, 7) is 9.00. The van der Waals surface area contributed by atoms with Gasteiger partial charge in [0, 0.05) is 13.1 Å². The van der Waals surface area contributed by atoms with Crippen molar-refractivity contribution in [2.45, 2.75) is 39.2 Å². The molecule has 0 spiro atoms. The monoisotopic (exact) mass is 299 g/mol. The van der Waals surface area contributed by atoms with Crippen molar-refractivity contribution < 1.29 is 13.5 Å². The minimum absolute atomic E-state index is 0.0813. The average molecular weight is 299 g/mol. The lowest BCUT2D eigenvalue weighted by molar-refractivity contribution is 0.281. The van der Waals surface area contributed by atoms with Crippen LogP contribution < -0.4 is 0 Å². The zero-order valence-corrected chi connectivity index (χ0v) is 13.5. The fourth-order valence-corrected chi connectivity index (χ4v) is 3.77. The van der Waals surface area contributed by atoms with E-state index < -0.39 is 10.0 Å². The Kier molecular flexibility index (Phi) is 6.17. The summed E-state index contributed by atoms with van der Waals surface area (Å²) in [6, 6.07) is 6.43. The molecule has 0 heterocycles. The van der Waals surface area contributed by atoms with E-state index in [-0.39, 0.29) is 23.3 Å². The first-order chi connectivity index (χ1) is 9.27. The van der Waals surface area contributed by atoms with Crippen LogP contribution in [-0.4, -0.2) is 30.9 Å². The lowest BCUT2D eigenvalue weighted by atomic mass is 10.2. The first kappa shape index (κ1) is 17.1. The minimum Gasteiger partial charge on any atom is -0.392 e. The minimum atomic E-state index is -3.46. The topological polar surface area (TPSA) is 57.6 Å². The van der Waals surface area contributed by atoms with E-state index in [0.717, 1.165) is 0 Å². The maximum atomic E-state index is 12.7. The third-order valence-corrected chi connectivity index (χ3v) is 4.73. The van der Waals surface area contributed by atoms with Crippen molar-refractivity contribution >= 4 is 10.0 Å². The maximum absolute atomic E-state index is 12.7. The Morgan fingerprint density at radius 2 is 1.45 bits per heavy atom. The maximum Gasteiger partial charge on any atom is 0.243 e. The summed E-state index contributed by atoms with van der Waals surface area (Å²) in [4.78, 5) is 0.288. The van der Waals surface area contributed by atoms with Gasteiger partial charge in [-0.2, -0.15) is 4.31 Å². The molecule has 0 radical (unpaired) electrons. The first-order valence-electron chi connectivity index (χ1n) is 6.97. The molecule has 0 aliphatic carbocycles. The molecule has 0 atom stereocenters. The van der Waals surface area contributed by atoms with Crippen molar-refractivity contribution in [1.29, 1.82) is 0 Å². The van der Waals surface area contributed by atoms with E-state index >= 15 is 0 Å². The number of rotatable bonds is 7. The molecule has 1 rings (SSSR count). The van der Waals surface area contributed by atoms with E-state index in [0.29, 0.717) is 18.7 Å². The van der Waals surface area contributed by atoms with Crippen molar-refractivity contribution in [1.82, 2.24) is 4.31 Å². The summed E-state index contributed by atoms with van der Waals surface area (Å²) in [7, 11) is -3.46. The molecule has 1 N–H and O–H groups in total. The third kappa shape index (κ3) is 4.58. The Morgan fingerprint density at radius 3 is 1.80 bits per heavy atom. The first-order valence-corrected chi connectivity index (χ1v) is 8.41. The molecule has 0 amide bonds. The summed E-state index contributed by atoms with van der Waals surface area (Å²) in [5.74, 6) is 0.556. The lowest BCUT2D eigenvalue weighted by Crippen LogP contribution is -2.37. The molecule has 1 aromatic carbocycles. The molecule has 1 aromatic rings. The van der Waals surface area contributed by atoms with Crippen LogP contribution >= 0.6 is 0 Å². The number of aliphatic hydroxyl groups excluding tert-OH is 1. The highest BCUT2D eigenvalue weighted by Crippen LogP contribution is 2.19. The van der Waals surface area contributed by atoms with Gasteiger partial charge in [-0.05, 0) is 29.5 Å². The number of benzene rings is 1. The second-order valence-electron chi connectivity index (χ2n) is 5.91. The van der Waals surface area contributed by atoms with E-state index in [2.05, 4.69) is 0 Å². The summed E-state index contributed by atoms with van der Waals surface area (Å²) >= 11 is 0. The molecule has 5 heteroatoms. The Morgan fingerprint density at radius 1 is 1.00 bits per heavy atom. The average Bonchev–Trinajstić information content (AvgIpc) is 2.37. The lowest BCUT2D eigenvalue weighted by Gasteiger charge is -2.25. The second kappa shape index (κ2) is 7.20. The van der Waals surface area contributed by atoms with Gasteiger partial charge in [-0.25, -0.2) is 8.42 Å². The summed E-state index contributed by atoms with van der Waals surface area (Å²) in [6.07, 6.45) is 0. The van der Waals surface area contributed by atoms with Crippen molar-refractivity contribution in [3.05, 3.63) is 29.8 Å². The van der Waals surface area contributed by atoms with Gasteiger partial charge in [0.15, 0.2) is 0 Å². The van der Waals surface area contributed by atoms with E-state index in [1.807, 2.05) is 27.7 Å². The number of sulfonamides is 1. The zero-order chi connectivity index (χ0) is 15.3. The van der Waals surface area contributed by atoms with Gasteiger partial charge in [-0.15, -0.1) is 0 Å². The van der Waals surface area contributed by atoms with Crippen LogP contribution in [-0.2, 0) is 16.6 Å². The van der Waals surface area contributed by atoms with Gasteiger partial charge >= 0.3 is 0 Å².